The summed E-state index contributed by atoms with van der Waals surface area (Å²) < 4.78 is 26.0. The van der Waals surface area contributed by atoms with Crippen molar-refractivity contribution in [2.24, 2.45) is 0 Å². The van der Waals surface area contributed by atoms with E-state index >= 15 is 0 Å². The number of phenolic OH excluding ortho intramolecular Hbond substituents is 3. The van der Waals surface area contributed by atoms with Gasteiger partial charge in [0.1, 0.15) is 54.3 Å². The Hall–Kier alpha value is -1.28. The zero-order valence-corrected chi connectivity index (χ0v) is 40.4. The second kappa shape index (κ2) is 16.8. The zero-order valence-electron chi connectivity index (χ0n) is 26.6. The standard InChI is InChI=1S/C39H24I6O6S/c40-29-9-20(10-30(41)37(29)46)17-49-23-1-5-26(6-2-23)52-35-7-3-24(50-18-21-11-31(42)38(47)32(43)12-21)15-27(35)28-16-25(4-8-36(28)52)51-19-22-13-33(44)39(48)34(45)14-22/h1-16H,17-19H2,(H2-,46,47,48)/p+1. The van der Waals surface area contributed by atoms with Gasteiger partial charge in [-0.15, -0.1) is 0 Å². The van der Waals surface area contributed by atoms with E-state index in [1.807, 2.05) is 60.7 Å². The molecule has 0 spiro atoms. The quantitative estimate of drug-likeness (QED) is 0.0934. The van der Waals surface area contributed by atoms with Crippen LogP contribution in [0.1, 0.15) is 16.7 Å². The first-order valence-corrected chi connectivity index (χ1v) is 23.2. The average Bonchev–Trinajstić information content (AvgIpc) is 3.45. The Kier molecular flexibility index (Phi) is 12.6. The number of phenols is 3. The fourth-order valence-corrected chi connectivity index (χ4v) is 13.7. The van der Waals surface area contributed by atoms with Crippen LogP contribution in [-0.4, -0.2) is 15.3 Å². The third kappa shape index (κ3) is 8.58. The van der Waals surface area contributed by atoms with Crippen molar-refractivity contribution in [1.82, 2.24) is 0 Å². The first kappa shape index (κ1) is 39.0. The predicted molar refractivity (Wildman–Crippen MR) is 259 cm³/mol. The highest BCUT2D eigenvalue weighted by Gasteiger charge is 2.25. The minimum absolute atomic E-state index is 0.292. The van der Waals surface area contributed by atoms with Gasteiger partial charge in [-0.2, -0.15) is 0 Å². The highest BCUT2D eigenvalue weighted by Crippen LogP contribution is 2.50. The van der Waals surface area contributed by atoms with Crippen LogP contribution in [0.4, 0.5) is 0 Å². The Morgan fingerprint density at radius 3 is 1.06 bits per heavy atom. The maximum Gasteiger partial charge on any atom is 0.188 e. The van der Waals surface area contributed by atoms with Crippen molar-refractivity contribution in [3.8, 4) is 39.4 Å². The molecule has 0 aliphatic heterocycles. The van der Waals surface area contributed by atoms with Crippen LogP contribution in [0.5, 0.6) is 34.5 Å². The van der Waals surface area contributed by atoms with Crippen LogP contribution in [0, 0.1) is 21.4 Å². The van der Waals surface area contributed by atoms with E-state index in [2.05, 4.69) is 172 Å². The van der Waals surface area contributed by atoms with Gasteiger partial charge in [0.05, 0.1) is 32.2 Å². The summed E-state index contributed by atoms with van der Waals surface area (Å²) in [4.78, 5) is 1.17. The lowest BCUT2D eigenvalue weighted by Gasteiger charge is -2.09. The van der Waals surface area contributed by atoms with Gasteiger partial charge in [0, 0.05) is 34.7 Å². The normalized spacial score (nSPS) is 11.3. The van der Waals surface area contributed by atoms with Gasteiger partial charge in [-0.25, -0.2) is 0 Å². The molecule has 0 bridgehead atoms. The summed E-state index contributed by atoms with van der Waals surface area (Å²) in [6, 6.07) is 32.6. The largest absolute Gasteiger partial charge is 0.506 e. The van der Waals surface area contributed by atoms with Crippen LogP contribution in [0.2, 0.25) is 0 Å². The third-order valence-electron chi connectivity index (χ3n) is 8.14. The first-order valence-electron chi connectivity index (χ1n) is 15.5. The van der Waals surface area contributed by atoms with E-state index in [1.54, 1.807) is 0 Å². The second-order valence-corrected chi connectivity index (χ2v) is 20.6. The molecule has 52 heavy (non-hydrogen) atoms. The number of hydrogen-bond donors (Lipinski definition) is 3. The Balaban J connectivity index is 1.21. The molecule has 264 valence electrons. The van der Waals surface area contributed by atoms with Gasteiger partial charge in [-0.05, 0) is 225 Å². The third-order valence-corrected chi connectivity index (χ3v) is 15.4. The van der Waals surface area contributed by atoms with E-state index in [9.17, 15) is 15.3 Å². The van der Waals surface area contributed by atoms with Gasteiger partial charge >= 0.3 is 0 Å². The molecule has 0 saturated carbocycles. The van der Waals surface area contributed by atoms with E-state index in [0.717, 1.165) is 66.1 Å². The van der Waals surface area contributed by atoms with Crippen LogP contribution in [0.3, 0.4) is 0 Å². The molecule has 0 amide bonds. The molecule has 3 N–H and O–H groups in total. The number of fused-ring (bicyclic) bond motifs is 3. The maximum atomic E-state index is 10.2. The summed E-state index contributed by atoms with van der Waals surface area (Å²) in [7, 11) is -0.368. The summed E-state index contributed by atoms with van der Waals surface area (Å²) in [5, 5.41) is 32.8. The molecule has 7 aromatic rings. The van der Waals surface area contributed by atoms with Crippen molar-refractivity contribution >= 4 is 166 Å². The molecule has 0 saturated heterocycles. The molecule has 0 aliphatic carbocycles. The van der Waals surface area contributed by atoms with Crippen LogP contribution < -0.4 is 14.2 Å². The van der Waals surface area contributed by atoms with Crippen molar-refractivity contribution in [3.63, 3.8) is 0 Å². The fraction of sp³-hybridized carbons (Fsp3) is 0.0769. The summed E-state index contributed by atoms with van der Waals surface area (Å²) >= 11 is 12.8. The Bertz CT molecular complexity index is 2300. The van der Waals surface area contributed by atoms with Crippen molar-refractivity contribution in [1.29, 1.82) is 0 Å². The smallest absolute Gasteiger partial charge is 0.188 e. The molecular formula is C39H25I6O6S+. The Morgan fingerprint density at radius 2 is 0.712 bits per heavy atom. The molecular weight excluding hydrogens is 1360 g/mol. The molecule has 1 aromatic heterocycles. The van der Waals surface area contributed by atoms with E-state index < -0.39 is 0 Å². The predicted octanol–water partition coefficient (Wildman–Crippen LogP) is 13.2. The topological polar surface area (TPSA) is 88.4 Å². The van der Waals surface area contributed by atoms with E-state index in [4.69, 9.17) is 14.2 Å². The summed E-state index contributed by atoms with van der Waals surface area (Å²) in [5.41, 5.74) is 2.97. The lowest BCUT2D eigenvalue weighted by atomic mass is 10.1. The minimum Gasteiger partial charge on any atom is -0.506 e. The van der Waals surface area contributed by atoms with Crippen LogP contribution in [0.25, 0.3) is 25.1 Å². The van der Waals surface area contributed by atoms with Crippen LogP contribution in [0.15, 0.2) is 97.1 Å². The molecule has 0 aliphatic rings. The number of aromatic hydroxyl groups is 3. The summed E-state index contributed by atoms with van der Waals surface area (Å²) in [6.45, 7) is 1.15. The van der Waals surface area contributed by atoms with Gasteiger partial charge in [-0.3, -0.25) is 0 Å². The lowest BCUT2D eigenvalue weighted by Crippen LogP contribution is -1.97. The molecule has 7 rings (SSSR count). The van der Waals surface area contributed by atoms with Gasteiger partial charge in [0.2, 0.25) is 0 Å². The maximum absolute atomic E-state index is 10.2. The second-order valence-electron chi connectivity index (χ2n) is 11.7. The van der Waals surface area contributed by atoms with Crippen molar-refractivity contribution in [3.05, 3.63) is 135 Å². The monoisotopic (exact) mass is 1380 g/mol. The van der Waals surface area contributed by atoms with Gasteiger partial charge in [0.25, 0.3) is 0 Å². The van der Waals surface area contributed by atoms with Crippen molar-refractivity contribution in [2.45, 2.75) is 19.8 Å². The molecule has 13 heteroatoms. The van der Waals surface area contributed by atoms with E-state index in [1.165, 1.54) is 14.3 Å². The molecule has 0 atom stereocenters. The molecule has 6 aromatic carbocycles. The van der Waals surface area contributed by atoms with Crippen molar-refractivity contribution in [2.75, 3.05) is 0 Å². The van der Waals surface area contributed by atoms with Crippen LogP contribution in [-0.2, 0) is 19.8 Å². The summed E-state index contributed by atoms with van der Waals surface area (Å²) in [5.74, 6) is 3.18. The minimum atomic E-state index is -0.368. The number of thiophene rings is 1. The number of rotatable bonds is 10. The van der Waals surface area contributed by atoms with E-state index in [-0.39, 0.29) is 10.5 Å². The van der Waals surface area contributed by atoms with Gasteiger partial charge in [-0.1, -0.05) is 0 Å². The van der Waals surface area contributed by atoms with Crippen LogP contribution >= 0.6 is 146 Å². The van der Waals surface area contributed by atoms with E-state index in [0.29, 0.717) is 37.1 Å². The number of halogens is 6. The SMILES string of the molecule is Oc1c(I)cc(COc2ccc(-[s+]3c4ccc(OCc5cc(I)c(O)c(I)c5)cc4c4cc(OCc5cc(I)c(O)c(I)c5)ccc43)cc2)cc1I. The summed E-state index contributed by atoms with van der Waals surface area (Å²) in [6.07, 6.45) is 0. The highest BCUT2D eigenvalue weighted by molar-refractivity contribution is 14.1. The zero-order chi connectivity index (χ0) is 36.7. The number of hydrogen-bond acceptors (Lipinski definition) is 6. The molecule has 0 fully saturated rings. The fourth-order valence-electron chi connectivity index (χ4n) is 5.62. The first-order chi connectivity index (χ1) is 24.9. The number of ether oxygens (including phenoxy) is 3. The lowest BCUT2D eigenvalue weighted by molar-refractivity contribution is 0.306. The highest BCUT2D eigenvalue weighted by atomic mass is 127. The molecule has 0 unspecified atom stereocenters. The van der Waals surface area contributed by atoms with Crippen molar-refractivity contribution < 1.29 is 29.5 Å². The van der Waals surface area contributed by atoms with Gasteiger partial charge in [0.15, 0.2) is 14.3 Å². The average molecular weight is 1380 g/mol. The number of benzene rings is 6. The molecule has 0 radical (unpaired) electrons. The Morgan fingerprint density at radius 1 is 0.404 bits per heavy atom. The van der Waals surface area contributed by atoms with Gasteiger partial charge < -0.3 is 29.5 Å². The Labute approximate surface area is 384 Å². The molecule has 6 nitrogen and oxygen atoms in total. The molecule has 1 heterocycles.